The Labute approximate surface area is 99.4 Å². The number of ether oxygens (including phenoxy) is 1. The molecule has 0 fully saturated rings. The zero-order valence-corrected chi connectivity index (χ0v) is 9.64. The number of carbonyl (C=O) groups excluding carboxylic acids is 1. The van der Waals surface area contributed by atoms with Gasteiger partial charge in [0.15, 0.2) is 0 Å². The SMILES string of the molecule is COC(=O)C1Cc2c(F)cccc2CN1.Cl. The van der Waals surface area contributed by atoms with Gasteiger partial charge in [0.2, 0.25) is 0 Å². The molecule has 1 aromatic rings. The van der Waals surface area contributed by atoms with Gasteiger partial charge < -0.3 is 10.1 Å². The molecule has 1 aliphatic heterocycles. The molecule has 0 amide bonds. The Balaban J connectivity index is 0.00000128. The van der Waals surface area contributed by atoms with Gasteiger partial charge in [-0.25, -0.2) is 4.39 Å². The van der Waals surface area contributed by atoms with Crippen LogP contribution < -0.4 is 5.32 Å². The Kier molecular flexibility index (Phi) is 4.26. The lowest BCUT2D eigenvalue weighted by atomic mass is 9.95. The van der Waals surface area contributed by atoms with Crippen LogP contribution in [0.15, 0.2) is 18.2 Å². The third-order valence-corrected chi connectivity index (χ3v) is 2.65. The van der Waals surface area contributed by atoms with Crippen LogP contribution in [0.1, 0.15) is 11.1 Å². The van der Waals surface area contributed by atoms with E-state index in [2.05, 4.69) is 10.1 Å². The van der Waals surface area contributed by atoms with Gasteiger partial charge in [-0.1, -0.05) is 12.1 Å². The van der Waals surface area contributed by atoms with Gasteiger partial charge in [0, 0.05) is 13.0 Å². The summed E-state index contributed by atoms with van der Waals surface area (Å²) in [6, 6.07) is 4.52. The van der Waals surface area contributed by atoms with E-state index in [9.17, 15) is 9.18 Å². The first kappa shape index (κ1) is 12.9. The Morgan fingerprint density at radius 2 is 2.31 bits per heavy atom. The summed E-state index contributed by atoms with van der Waals surface area (Å²) in [6.07, 6.45) is 0.356. The van der Waals surface area contributed by atoms with Crippen LogP contribution in [-0.2, 0) is 22.5 Å². The summed E-state index contributed by atoms with van der Waals surface area (Å²) in [4.78, 5) is 11.3. The van der Waals surface area contributed by atoms with E-state index in [0.717, 1.165) is 5.56 Å². The average molecular weight is 246 g/mol. The minimum absolute atomic E-state index is 0. The lowest BCUT2D eigenvalue weighted by molar-refractivity contribution is -0.143. The van der Waals surface area contributed by atoms with Crippen LogP contribution in [0, 0.1) is 5.82 Å². The van der Waals surface area contributed by atoms with Gasteiger partial charge in [-0.05, 0) is 17.2 Å². The molecule has 1 aliphatic rings. The lowest BCUT2D eigenvalue weighted by Gasteiger charge is -2.24. The van der Waals surface area contributed by atoms with Crippen LogP contribution >= 0.6 is 12.4 Å². The maximum absolute atomic E-state index is 13.4. The van der Waals surface area contributed by atoms with Gasteiger partial charge in [0.1, 0.15) is 11.9 Å². The fourth-order valence-electron chi connectivity index (χ4n) is 1.82. The summed E-state index contributed by atoms with van der Waals surface area (Å²) in [5.74, 6) is -0.591. The quantitative estimate of drug-likeness (QED) is 0.761. The van der Waals surface area contributed by atoms with E-state index in [0.29, 0.717) is 18.5 Å². The van der Waals surface area contributed by atoms with Crippen molar-refractivity contribution in [2.45, 2.75) is 19.0 Å². The molecule has 0 saturated carbocycles. The van der Waals surface area contributed by atoms with Crippen molar-refractivity contribution in [1.82, 2.24) is 5.32 Å². The van der Waals surface area contributed by atoms with Gasteiger partial charge in [0.25, 0.3) is 0 Å². The molecule has 1 N–H and O–H groups in total. The van der Waals surface area contributed by atoms with E-state index in [1.165, 1.54) is 13.2 Å². The van der Waals surface area contributed by atoms with Crippen molar-refractivity contribution in [2.24, 2.45) is 0 Å². The number of carbonyl (C=O) groups is 1. The molecule has 88 valence electrons. The molecule has 0 bridgehead atoms. The molecular weight excluding hydrogens is 233 g/mol. The van der Waals surface area contributed by atoms with Crippen LogP contribution in [0.4, 0.5) is 4.39 Å². The predicted octanol–water partition coefficient (Wildman–Crippen LogP) is 1.43. The number of halogens is 2. The smallest absolute Gasteiger partial charge is 0.323 e. The molecule has 1 atom stereocenters. The zero-order chi connectivity index (χ0) is 10.8. The molecule has 0 aliphatic carbocycles. The first-order valence-electron chi connectivity index (χ1n) is 4.80. The van der Waals surface area contributed by atoms with E-state index in [-0.39, 0.29) is 24.2 Å². The zero-order valence-electron chi connectivity index (χ0n) is 8.83. The minimum Gasteiger partial charge on any atom is -0.468 e. The lowest BCUT2D eigenvalue weighted by Crippen LogP contribution is -2.42. The normalized spacial score (nSPS) is 18.2. The fraction of sp³-hybridized carbons (Fsp3) is 0.364. The molecule has 2 rings (SSSR count). The van der Waals surface area contributed by atoms with E-state index in [1.54, 1.807) is 6.07 Å². The standard InChI is InChI=1S/C11H12FNO2.ClH/c1-15-11(14)10-5-8-7(6-13-10)3-2-4-9(8)12;/h2-4,10,13H,5-6H2,1H3;1H. The highest BCUT2D eigenvalue weighted by Crippen LogP contribution is 2.20. The molecule has 0 spiro atoms. The van der Waals surface area contributed by atoms with Crippen molar-refractivity contribution in [3.63, 3.8) is 0 Å². The van der Waals surface area contributed by atoms with Crippen molar-refractivity contribution >= 4 is 18.4 Å². The maximum Gasteiger partial charge on any atom is 0.323 e. The fourth-order valence-corrected chi connectivity index (χ4v) is 1.82. The summed E-state index contributed by atoms with van der Waals surface area (Å²) in [7, 11) is 1.33. The molecular formula is C11H13ClFNO2. The van der Waals surface area contributed by atoms with Crippen LogP contribution in [0.2, 0.25) is 0 Å². The molecule has 1 heterocycles. The highest BCUT2D eigenvalue weighted by atomic mass is 35.5. The first-order valence-corrected chi connectivity index (χ1v) is 4.80. The summed E-state index contributed by atoms with van der Waals surface area (Å²) in [5.41, 5.74) is 1.53. The second kappa shape index (κ2) is 5.27. The summed E-state index contributed by atoms with van der Waals surface area (Å²) < 4.78 is 18.1. The maximum atomic E-state index is 13.4. The van der Waals surface area contributed by atoms with Gasteiger partial charge in [0.05, 0.1) is 7.11 Å². The second-order valence-electron chi connectivity index (χ2n) is 3.54. The highest BCUT2D eigenvalue weighted by Gasteiger charge is 2.26. The second-order valence-corrected chi connectivity index (χ2v) is 3.54. The minimum atomic E-state index is -0.431. The Morgan fingerprint density at radius 1 is 1.56 bits per heavy atom. The number of rotatable bonds is 1. The molecule has 0 radical (unpaired) electrons. The summed E-state index contributed by atoms with van der Waals surface area (Å²) in [6.45, 7) is 0.507. The molecule has 16 heavy (non-hydrogen) atoms. The third-order valence-electron chi connectivity index (χ3n) is 2.65. The van der Waals surface area contributed by atoms with E-state index < -0.39 is 6.04 Å². The number of fused-ring (bicyclic) bond motifs is 1. The number of hydrogen-bond acceptors (Lipinski definition) is 3. The predicted molar refractivity (Wildman–Crippen MR) is 60.0 cm³/mol. The van der Waals surface area contributed by atoms with Crippen LogP contribution in [-0.4, -0.2) is 19.1 Å². The molecule has 3 nitrogen and oxygen atoms in total. The van der Waals surface area contributed by atoms with Crippen LogP contribution in [0.25, 0.3) is 0 Å². The van der Waals surface area contributed by atoms with Gasteiger partial charge in [-0.3, -0.25) is 4.79 Å². The van der Waals surface area contributed by atoms with E-state index in [4.69, 9.17) is 0 Å². The topological polar surface area (TPSA) is 38.3 Å². The molecule has 1 unspecified atom stereocenters. The van der Waals surface area contributed by atoms with E-state index >= 15 is 0 Å². The van der Waals surface area contributed by atoms with Gasteiger partial charge in [-0.15, -0.1) is 12.4 Å². The summed E-state index contributed by atoms with van der Waals surface area (Å²) >= 11 is 0. The number of hydrogen-bond donors (Lipinski definition) is 1. The Bertz CT molecular complexity index is 398. The molecule has 1 aromatic carbocycles. The van der Waals surface area contributed by atoms with Crippen molar-refractivity contribution in [2.75, 3.05) is 7.11 Å². The first-order chi connectivity index (χ1) is 7.22. The van der Waals surface area contributed by atoms with Crippen molar-refractivity contribution < 1.29 is 13.9 Å². The number of esters is 1. The monoisotopic (exact) mass is 245 g/mol. The van der Waals surface area contributed by atoms with Crippen LogP contribution in [0.3, 0.4) is 0 Å². The third kappa shape index (κ3) is 2.33. The Morgan fingerprint density at radius 3 is 3.00 bits per heavy atom. The molecule has 0 saturated heterocycles. The largest absolute Gasteiger partial charge is 0.468 e. The molecule has 0 aromatic heterocycles. The average Bonchev–Trinajstić information content (AvgIpc) is 2.28. The van der Waals surface area contributed by atoms with Crippen molar-refractivity contribution in [1.29, 1.82) is 0 Å². The summed E-state index contributed by atoms with van der Waals surface area (Å²) in [5, 5.41) is 3.01. The van der Waals surface area contributed by atoms with Gasteiger partial charge in [-0.2, -0.15) is 0 Å². The van der Waals surface area contributed by atoms with E-state index in [1.807, 2.05) is 6.07 Å². The highest BCUT2D eigenvalue weighted by molar-refractivity contribution is 5.85. The van der Waals surface area contributed by atoms with Crippen molar-refractivity contribution in [3.8, 4) is 0 Å². The van der Waals surface area contributed by atoms with Crippen LogP contribution in [0.5, 0.6) is 0 Å². The van der Waals surface area contributed by atoms with Crippen molar-refractivity contribution in [3.05, 3.63) is 35.1 Å². The molecule has 5 heteroatoms. The Hall–Kier alpha value is -1.13. The van der Waals surface area contributed by atoms with Gasteiger partial charge >= 0.3 is 5.97 Å². The number of nitrogens with one attached hydrogen (secondary N) is 1. The number of benzene rings is 1. The number of methoxy groups -OCH3 is 1.